The quantitative estimate of drug-likeness (QED) is 0.0985. The van der Waals surface area contributed by atoms with Gasteiger partial charge in [-0.1, -0.05) is 54.9 Å². The fourth-order valence-corrected chi connectivity index (χ4v) is 5.73. The molecule has 3 nitrogen and oxygen atoms in total. The molecule has 0 spiro atoms. The van der Waals surface area contributed by atoms with Crippen molar-refractivity contribution < 1.29 is 4.39 Å². The summed E-state index contributed by atoms with van der Waals surface area (Å²) in [5.41, 5.74) is 6.96. The molecule has 1 heterocycles. The SMILES string of the molecule is CC/C(=C(/c1ccc(/C=C/C#N)cc1)c1ccc2c(cnn2PI)c1)c1ccc(F)cc1Cl. The maximum Gasteiger partial charge on any atom is 0.124 e. The zero-order valence-electron chi connectivity index (χ0n) is 17.7. The first-order valence-electron chi connectivity index (χ1n) is 10.3. The van der Waals surface area contributed by atoms with Gasteiger partial charge in [-0.15, -0.1) is 0 Å². The van der Waals surface area contributed by atoms with E-state index in [-0.39, 0.29) is 5.82 Å². The Kier molecular flexibility index (Phi) is 7.60. The van der Waals surface area contributed by atoms with Gasteiger partial charge in [-0.3, -0.25) is 0 Å². The zero-order chi connectivity index (χ0) is 23.4. The summed E-state index contributed by atoms with van der Waals surface area (Å²) in [4.78, 5) is 0. The Morgan fingerprint density at radius 3 is 2.58 bits per heavy atom. The minimum absolute atomic E-state index is 0.358. The standard InChI is InChI=1S/C26H19ClFIN3P/c1-2-22(23-11-10-21(28)15-24(23)27)26(18-7-5-17(6-8-18)4-3-13-30)19-9-12-25-20(14-19)16-31-32(25)33-29/h3-12,14-16,33H,2H2,1H3/b4-3+,26-22+. The summed E-state index contributed by atoms with van der Waals surface area (Å²) in [5, 5.41) is 14.7. The lowest BCUT2D eigenvalue weighted by atomic mass is 9.87. The van der Waals surface area contributed by atoms with Crippen LogP contribution in [0.5, 0.6) is 0 Å². The molecule has 33 heavy (non-hydrogen) atoms. The van der Waals surface area contributed by atoms with Crippen molar-refractivity contribution in [3.63, 3.8) is 0 Å². The molecule has 1 unspecified atom stereocenters. The molecule has 0 fully saturated rings. The predicted octanol–water partition coefficient (Wildman–Crippen LogP) is 8.53. The third-order valence-electron chi connectivity index (χ3n) is 5.40. The Morgan fingerprint density at radius 1 is 1.15 bits per heavy atom. The van der Waals surface area contributed by atoms with Crippen LogP contribution in [0.4, 0.5) is 4.39 Å². The summed E-state index contributed by atoms with van der Waals surface area (Å²) in [6.07, 6.45) is 6.35. The molecule has 0 aliphatic carbocycles. The number of allylic oxidation sites excluding steroid dienone is 2. The van der Waals surface area contributed by atoms with Crippen molar-refractivity contribution in [3.05, 3.63) is 106 Å². The fraction of sp³-hybridized carbons (Fsp3) is 0.0769. The van der Waals surface area contributed by atoms with Crippen molar-refractivity contribution in [1.29, 1.82) is 5.26 Å². The van der Waals surface area contributed by atoms with Gasteiger partial charge in [-0.05, 0) is 92.2 Å². The first-order valence-corrected chi connectivity index (χ1v) is 14.7. The molecule has 4 aromatic rings. The Hall–Kier alpha value is -2.52. The van der Waals surface area contributed by atoms with Gasteiger partial charge >= 0.3 is 0 Å². The summed E-state index contributed by atoms with van der Waals surface area (Å²) >= 11 is 8.81. The summed E-state index contributed by atoms with van der Waals surface area (Å²) in [6.45, 7) is 2.08. The second-order valence-corrected chi connectivity index (χ2v) is 9.78. The van der Waals surface area contributed by atoms with Crippen LogP contribution in [0, 0.1) is 17.1 Å². The molecule has 7 heteroatoms. The maximum atomic E-state index is 13.8. The van der Waals surface area contributed by atoms with Gasteiger partial charge in [0.1, 0.15) is 5.82 Å². The lowest BCUT2D eigenvalue weighted by molar-refractivity contribution is 0.628. The van der Waals surface area contributed by atoms with Crippen molar-refractivity contribution >= 4 is 68.1 Å². The number of halogens is 3. The van der Waals surface area contributed by atoms with Gasteiger partial charge in [-0.25, -0.2) is 8.84 Å². The number of fused-ring (bicyclic) bond motifs is 1. The van der Waals surface area contributed by atoms with Crippen molar-refractivity contribution in [2.24, 2.45) is 0 Å². The van der Waals surface area contributed by atoms with E-state index in [9.17, 15) is 4.39 Å². The number of benzene rings is 3. The van der Waals surface area contributed by atoms with Crippen LogP contribution in [0.25, 0.3) is 28.1 Å². The number of aromatic nitrogens is 2. The van der Waals surface area contributed by atoms with E-state index < -0.39 is 0 Å². The minimum atomic E-state index is -0.358. The molecule has 0 saturated heterocycles. The van der Waals surface area contributed by atoms with Gasteiger partial charge < -0.3 is 0 Å². The summed E-state index contributed by atoms with van der Waals surface area (Å²) in [6, 6.07) is 20.9. The topological polar surface area (TPSA) is 41.6 Å². The van der Waals surface area contributed by atoms with Crippen LogP contribution in [-0.4, -0.2) is 9.55 Å². The number of hydrogen-bond acceptors (Lipinski definition) is 2. The lowest BCUT2D eigenvalue weighted by Crippen LogP contribution is -1.96. The van der Waals surface area contributed by atoms with E-state index in [0.29, 0.717) is 17.8 Å². The van der Waals surface area contributed by atoms with E-state index in [1.54, 1.807) is 12.1 Å². The van der Waals surface area contributed by atoms with E-state index in [2.05, 4.69) is 52.3 Å². The molecule has 0 amide bonds. The summed E-state index contributed by atoms with van der Waals surface area (Å²) < 4.78 is 15.8. The minimum Gasteiger partial charge on any atom is -0.237 e. The fourth-order valence-electron chi connectivity index (χ4n) is 3.90. The van der Waals surface area contributed by atoms with Crippen LogP contribution in [-0.2, 0) is 0 Å². The smallest absolute Gasteiger partial charge is 0.124 e. The zero-order valence-corrected chi connectivity index (χ0v) is 21.6. The predicted molar refractivity (Wildman–Crippen MR) is 146 cm³/mol. The van der Waals surface area contributed by atoms with Crippen molar-refractivity contribution in [3.8, 4) is 6.07 Å². The van der Waals surface area contributed by atoms with E-state index >= 15 is 0 Å². The van der Waals surface area contributed by atoms with Gasteiger partial charge in [0.15, 0.2) is 0 Å². The van der Waals surface area contributed by atoms with E-state index in [0.717, 1.165) is 44.3 Å². The molecule has 3 aromatic carbocycles. The van der Waals surface area contributed by atoms with E-state index in [1.165, 1.54) is 18.2 Å². The number of nitrogens with zero attached hydrogens (tertiary/aromatic N) is 3. The molecular formula is C26H19ClFIN3P. The Labute approximate surface area is 211 Å². The van der Waals surface area contributed by atoms with Gasteiger partial charge in [0.2, 0.25) is 0 Å². The number of nitriles is 1. The normalized spacial score (nSPS) is 12.6. The van der Waals surface area contributed by atoms with E-state index in [1.807, 2.05) is 41.0 Å². The Bertz CT molecular complexity index is 1420. The highest BCUT2D eigenvalue weighted by Crippen LogP contribution is 2.39. The van der Waals surface area contributed by atoms with Crippen molar-refractivity contribution in [1.82, 2.24) is 9.55 Å². The van der Waals surface area contributed by atoms with E-state index in [4.69, 9.17) is 16.9 Å². The summed E-state index contributed by atoms with van der Waals surface area (Å²) in [7, 11) is 0. The lowest BCUT2D eigenvalue weighted by Gasteiger charge is -2.18. The average molecular weight is 586 g/mol. The first kappa shape index (κ1) is 23.6. The first-order chi connectivity index (χ1) is 16.0. The summed E-state index contributed by atoms with van der Waals surface area (Å²) in [5.74, 6) is -0.358. The number of rotatable bonds is 6. The van der Waals surface area contributed by atoms with Crippen LogP contribution in [0.1, 0.15) is 35.6 Å². The van der Waals surface area contributed by atoms with Gasteiger partial charge in [0.05, 0.1) is 29.2 Å². The molecule has 0 saturated carbocycles. The average Bonchev–Trinajstić information content (AvgIpc) is 3.24. The molecular weight excluding hydrogens is 567 g/mol. The molecule has 0 bridgehead atoms. The van der Waals surface area contributed by atoms with Crippen molar-refractivity contribution in [2.75, 3.05) is 0 Å². The van der Waals surface area contributed by atoms with Gasteiger partial charge in [0, 0.05) is 11.5 Å². The third-order valence-corrected chi connectivity index (χ3v) is 7.60. The molecule has 1 atom stereocenters. The van der Waals surface area contributed by atoms with Crippen LogP contribution < -0.4 is 0 Å². The second-order valence-electron chi connectivity index (χ2n) is 7.33. The highest BCUT2D eigenvalue weighted by Gasteiger charge is 2.17. The van der Waals surface area contributed by atoms with Crippen LogP contribution in [0.2, 0.25) is 5.02 Å². The molecule has 0 aliphatic rings. The molecule has 0 aliphatic heterocycles. The molecule has 164 valence electrons. The second kappa shape index (κ2) is 10.6. The van der Waals surface area contributed by atoms with Crippen LogP contribution in [0.3, 0.4) is 0 Å². The molecule has 0 N–H and O–H groups in total. The Balaban J connectivity index is 1.96. The maximum absolute atomic E-state index is 13.8. The third kappa shape index (κ3) is 5.04. The molecule has 0 radical (unpaired) electrons. The van der Waals surface area contributed by atoms with Gasteiger partial charge in [-0.2, -0.15) is 10.4 Å². The molecule has 4 rings (SSSR count). The van der Waals surface area contributed by atoms with Crippen molar-refractivity contribution in [2.45, 2.75) is 13.3 Å². The number of hydrogen-bond donors (Lipinski definition) is 0. The van der Waals surface area contributed by atoms with Crippen LogP contribution in [0.15, 0.2) is 72.9 Å². The highest BCUT2D eigenvalue weighted by molar-refractivity contribution is 14.2. The largest absolute Gasteiger partial charge is 0.237 e. The molecule has 1 aromatic heterocycles. The van der Waals surface area contributed by atoms with Gasteiger partial charge in [0.25, 0.3) is 0 Å². The Morgan fingerprint density at radius 2 is 1.91 bits per heavy atom. The highest BCUT2D eigenvalue weighted by atomic mass is 127. The monoisotopic (exact) mass is 585 g/mol. The van der Waals surface area contributed by atoms with Crippen LogP contribution >= 0.6 is 40.0 Å².